The lowest BCUT2D eigenvalue weighted by molar-refractivity contribution is 0.398. The van der Waals surface area contributed by atoms with Crippen LogP contribution in [0.1, 0.15) is 11.1 Å². The van der Waals surface area contributed by atoms with Gasteiger partial charge in [0.1, 0.15) is 11.9 Å². The van der Waals surface area contributed by atoms with Gasteiger partial charge in [-0.1, -0.05) is 0 Å². The Hall–Kier alpha value is -2.74. The zero-order valence-electron chi connectivity index (χ0n) is 10.7. The molecule has 0 unspecified atom stereocenters. The first-order valence-electron chi connectivity index (χ1n) is 6.03. The summed E-state index contributed by atoms with van der Waals surface area (Å²) in [6.07, 6.45) is 3.77. The van der Waals surface area contributed by atoms with Gasteiger partial charge in [-0.3, -0.25) is 4.99 Å². The first-order valence-corrected chi connectivity index (χ1v) is 6.03. The number of hydrogen-bond acceptors (Lipinski definition) is 4. The predicted octanol–water partition coefficient (Wildman–Crippen LogP) is 3.03. The minimum absolute atomic E-state index is 0.0720. The third kappa shape index (κ3) is 1.82. The fraction of sp³-hybridized carbons (Fsp3) is 0.133. The fourth-order valence-corrected chi connectivity index (χ4v) is 2.27. The molecule has 0 atom stereocenters. The van der Waals surface area contributed by atoms with Crippen LogP contribution in [0.2, 0.25) is 0 Å². The number of hydrogen-bond donors (Lipinski definition) is 0. The molecule has 1 aliphatic heterocycles. The largest absolute Gasteiger partial charge is 0.481 e. The lowest BCUT2D eigenvalue weighted by Gasteiger charge is -2.09. The second-order valence-electron chi connectivity index (χ2n) is 4.32. The van der Waals surface area contributed by atoms with Crippen LogP contribution >= 0.6 is 0 Å². The number of methoxy groups -OCH3 is 1. The number of fused-ring (bicyclic) bond motifs is 1. The van der Waals surface area contributed by atoms with E-state index in [9.17, 15) is 4.39 Å². The van der Waals surface area contributed by atoms with Crippen LogP contribution in [0.4, 0.5) is 10.1 Å². The van der Waals surface area contributed by atoms with Crippen molar-refractivity contribution in [1.29, 1.82) is 5.26 Å². The van der Waals surface area contributed by atoms with E-state index in [1.54, 1.807) is 24.5 Å². The van der Waals surface area contributed by atoms with Crippen molar-refractivity contribution in [3.63, 3.8) is 0 Å². The highest BCUT2D eigenvalue weighted by Crippen LogP contribution is 2.39. The van der Waals surface area contributed by atoms with Crippen LogP contribution in [0, 0.1) is 17.1 Å². The van der Waals surface area contributed by atoms with Crippen molar-refractivity contribution in [1.82, 2.24) is 4.98 Å². The minimum Gasteiger partial charge on any atom is -0.481 e. The minimum atomic E-state index is -0.525. The maximum absolute atomic E-state index is 14.0. The number of nitrogens with zero attached hydrogens (tertiary/aromatic N) is 3. The molecule has 0 spiro atoms. The standard InChI is InChI=1S/C15H10FN3O/c1-20-14-3-2-9(8-19-14)11-6-13(16)12(7-17)10-4-5-18-15(10)11/h2-3,5-6,8H,4H2,1H3. The lowest BCUT2D eigenvalue weighted by atomic mass is 9.97. The molecule has 2 heterocycles. The van der Waals surface area contributed by atoms with Gasteiger partial charge in [-0.15, -0.1) is 0 Å². The van der Waals surface area contributed by atoms with Gasteiger partial charge in [-0.05, 0) is 12.1 Å². The maximum Gasteiger partial charge on any atom is 0.212 e. The second kappa shape index (κ2) is 4.74. The number of rotatable bonds is 2. The Morgan fingerprint density at radius 3 is 2.90 bits per heavy atom. The van der Waals surface area contributed by atoms with E-state index in [2.05, 4.69) is 9.98 Å². The highest BCUT2D eigenvalue weighted by Gasteiger charge is 2.21. The molecule has 1 aliphatic rings. The smallest absolute Gasteiger partial charge is 0.212 e. The third-order valence-electron chi connectivity index (χ3n) is 3.24. The number of ether oxygens (including phenoxy) is 1. The maximum atomic E-state index is 14.0. The summed E-state index contributed by atoms with van der Waals surface area (Å²) in [5.41, 5.74) is 2.74. The van der Waals surface area contributed by atoms with E-state index < -0.39 is 5.82 Å². The Morgan fingerprint density at radius 1 is 1.40 bits per heavy atom. The van der Waals surface area contributed by atoms with E-state index in [0.29, 0.717) is 29.1 Å². The van der Waals surface area contributed by atoms with Crippen molar-refractivity contribution >= 4 is 11.9 Å². The molecule has 2 aromatic rings. The Labute approximate surface area is 115 Å². The molecule has 98 valence electrons. The highest BCUT2D eigenvalue weighted by molar-refractivity contribution is 5.88. The Kier molecular flexibility index (Phi) is 2.92. The van der Waals surface area contributed by atoms with E-state index in [-0.39, 0.29) is 5.56 Å². The number of aromatic nitrogens is 1. The van der Waals surface area contributed by atoms with Gasteiger partial charge in [0.15, 0.2) is 0 Å². The van der Waals surface area contributed by atoms with E-state index in [1.807, 2.05) is 6.07 Å². The zero-order chi connectivity index (χ0) is 14.1. The summed E-state index contributed by atoms with van der Waals surface area (Å²) in [6, 6.07) is 6.74. The lowest BCUT2D eigenvalue weighted by Crippen LogP contribution is -1.95. The number of aliphatic imine (C=N–C) groups is 1. The summed E-state index contributed by atoms with van der Waals surface area (Å²) in [7, 11) is 1.53. The Morgan fingerprint density at radius 2 is 2.25 bits per heavy atom. The fourth-order valence-electron chi connectivity index (χ4n) is 2.27. The van der Waals surface area contributed by atoms with Crippen LogP contribution in [-0.2, 0) is 6.42 Å². The van der Waals surface area contributed by atoms with Gasteiger partial charge in [-0.2, -0.15) is 5.26 Å². The van der Waals surface area contributed by atoms with Crippen molar-refractivity contribution in [2.24, 2.45) is 4.99 Å². The van der Waals surface area contributed by atoms with Crippen LogP contribution in [0.3, 0.4) is 0 Å². The molecule has 3 rings (SSSR count). The molecule has 0 saturated carbocycles. The summed E-state index contributed by atoms with van der Waals surface area (Å²) in [5, 5.41) is 9.04. The molecular formula is C15H10FN3O. The van der Waals surface area contributed by atoms with Gasteiger partial charge in [-0.25, -0.2) is 9.37 Å². The quantitative estimate of drug-likeness (QED) is 0.840. The number of nitriles is 1. The molecule has 0 radical (unpaired) electrons. The second-order valence-corrected chi connectivity index (χ2v) is 4.32. The molecule has 0 N–H and O–H groups in total. The van der Waals surface area contributed by atoms with E-state index in [1.165, 1.54) is 13.2 Å². The van der Waals surface area contributed by atoms with E-state index in [4.69, 9.17) is 10.00 Å². The van der Waals surface area contributed by atoms with Crippen molar-refractivity contribution in [3.8, 4) is 23.1 Å². The molecule has 0 fully saturated rings. The summed E-state index contributed by atoms with van der Waals surface area (Å²) < 4.78 is 19.0. The molecule has 0 aliphatic carbocycles. The summed E-state index contributed by atoms with van der Waals surface area (Å²) in [6.45, 7) is 0. The molecule has 0 saturated heterocycles. The Balaban J connectivity index is 2.19. The van der Waals surface area contributed by atoms with Gasteiger partial charge in [0.2, 0.25) is 5.88 Å². The van der Waals surface area contributed by atoms with Gasteiger partial charge < -0.3 is 4.74 Å². The van der Waals surface area contributed by atoms with Crippen LogP contribution < -0.4 is 4.74 Å². The third-order valence-corrected chi connectivity index (χ3v) is 3.24. The highest BCUT2D eigenvalue weighted by atomic mass is 19.1. The van der Waals surface area contributed by atoms with Crippen LogP contribution in [-0.4, -0.2) is 18.3 Å². The van der Waals surface area contributed by atoms with Crippen LogP contribution in [0.15, 0.2) is 29.4 Å². The monoisotopic (exact) mass is 267 g/mol. The van der Waals surface area contributed by atoms with Crippen molar-refractivity contribution < 1.29 is 9.13 Å². The summed E-state index contributed by atoms with van der Waals surface area (Å²) >= 11 is 0. The molecule has 1 aromatic carbocycles. The first-order chi connectivity index (χ1) is 9.74. The van der Waals surface area contributed by atoms with Crippen molar-refractivity contribution in [2.75, 3.05) is 7.11 Å². The molecule has 1 aromatic heterocycles. The molecular weight excluding hydrogens is 257 g/mol. The predicted molar refractivity (Wildman–Crippen MR) is 72.8 cm³/mol. The van der Waals surface area contributed by atoms with Gasteiger partial charge in [0.05, 0.1) is 18.4 Å². The van der Waals surface area contributed by atoms with E-state index >= 15 is 0 Å². The van der Waals surface area contributed by atoms with Gasteiger partial charge in [0, 0.05) is 41.6 Å². The number of benzene rings is 1. The summed E-state index contributed by atoms with van der Waals surface area (Å²) in [5.74, 6) is -0.0365. The molecule has 20 heavy (non-hydrogen) atoms. The van der Waals surface area contributed by atoms with Crippen LogP contribution in [0.5, 0.6) is 5.88 Å². The van der Waals surface area contributed by atoms with Crippen molar-refractivity contribution in [2.45, 2.75) is 6.42 Å². The van der Waals surface area contributed by atoms with Gasteiger partial charge >= 0.3 is 0 Å². The number of pyridine rings is 1. The number of halogens is 1. The van der Waals surface area contributed by atoms with E-state index in [0.717, 1.165) is 5.56 Å². The molecule has 4 nitrogen and oxygen atoms in total. The topological polar surface area (TPSA) is 58.3 Å². The zero-order valence-corrected chi connectivity index (χ0v) is 10.7. The normalized spacial score (nSPS) is 12.1. The molecule has 0 bridgehead atoms. The van der Waals surface area contributed by atoms with Gasteiger partial charge in [0.25, 0.3) is 0 Å². The average molecular weight is 267 g/mol. The molecule has 5 heteroatoms. The van der Waals surface area contributed by atoms with Crippen molar-refractivity contribution in [3.05, 3.63) is 41.3 Å². The molecule has 0 amide bonds. The first kappa shape index (κ1) is 12.3. The van der Waals surface area contributed by atoms with Crippen LogP contribution in [0.25, 0.3) is 11.1 Å². The Bertz CT molecular complexity index is 745. The average Bonchev–Trinajstić information content (AvgIpc) is 2.96. The summed E-state index contributed by atoms with van der Waals surface area (Å²) in [4.78, 5) is 8.38. The SMILES string of the molecule is COc1ccc(-c2cc(F)c(C#N)c3c2N=CC3)cn1.